The van der Waals surface area contributed by atoms with E-state index in [1.54, 1.807) is 43.3 Å². The van der Waals surface area contributed by atoms with Crippen molar-refractivity contribution < 1.29 is 18.0 Å². The zero-order valence-electron chi connectivity index (χ0n) is 21.6. The number of nitrogens with zero attached hydrogens (tertiary/aromatic N) is 2. The van der Waals surface area contributed by atoms with Crippen LogP contribution in [0.15, 0.2) is 59.5 Å². The van der Waals surface area contributed by atoms with E-state index in [0.717, 1.165) is 10.9 Å². The number of halogens is 2. The highest BCUT2D eigenvalue weighted by molar-refractivity contribution is 7.93. The molecule has 3 aromatic carbocycles. The minimum Gasteiger partial charge on any atom is -0.354 e. The van der Waals surface area contributed by atoms with Gasteiger partial charge < -0.3 is 10.2 Å². The number of carbonyl (C=O) groups excluding carboxylic acids is 2. The molecule has 1 atom stereocenters. The zero-order chi connectivity index (χ0) is 27.6. The van der Waals surface area contributed by atoms with Crippen LogP contribution >= 0.6 is 23.2 Å². The van der Waals surface area contributed by atoms with Gasteiger partial charge in [-0.3, -0.25) is 13.9 Å². The van der Waals surface area contributed by atoms with Crippen molar-refractivity contribution in [2.75, 3.05) is 17.4 Å². The lowest BCUT2D eigenvalue weighted by Gasteiger charge is -2.29. The van der Waals surface area contributed by atoms with E-state index in [4.69, 9.17) is 23.2 Å². The van der Waals surface area contributed by atoms with Crippen molar-refractivity contribution >= 4 is 61.5 Å². The second kappa shape index (κ2) is 11.5. The van der Waals surface area contributed by atoms with Gasteiger partial charge in [0.25, 0.3) is 10.0 Å². The van der Waals surface area contributed by atoms with Crippen LogP contribution in [0, 0.1) is 5.92 Å². The van der Waals surface area contributed by atoms with E-state index in [1.165, 1.54) is 9.21 Å². The predicted octanol–water partition coefficient (Wildman–Crippen LogP) is 5.63. The second-order valence-corrected chi connectivity index (χ2v) is 12.5. The fraction of sp³-hybridized carbons (Fsp3) is 0.357. The van der Waals surface area contributed by atoms with Crippen LogP contribution in [0.5, 0.6) is 0 Å². The molecule has 38 heavy (non-hydrogen) atoms. The Labute approximate surface area is 233 Å². The predicted molar refractivity (Wildman–Crippen MR) is 152 cm³/mol. The molecule has 1 N–H and O–H groups in total. The molecule has 1 aliphatic rings. The molecule has 10 heteroatoms. The third-order valence-electron chi connectivity index (χ3n) is 6.62. The smallest absolute Gasteiger partial charge is 0.265 e. The van der Waals surface area contributed by atoms with Gasteiger partial charge in [-0.25, -0.2) is 8.42 Å². The van der Waals surface area contributed by atoms with Gasteiger partial charge in [0, 0.05) is 31.4 Å². The standard InChI is InChI=1S/C28H31Cl2N3O4S/c1-18(2)16-31-28(35)19(3)32(17-20-12-13-22(29)23(30)15-20)26(34)11-6-14-33-24-9-4-7-21-8-5-10-25(27(21)24)38(33,36)37/h4-5,7-10,12-13,15,18-19H,6,11,14,16-17H2,1-3H3,(H,31,35)/t19-/m1/s1. The number of carbonyl (C=O) groups is 2. The fourth-order valence-corrected chi connectivity index (χ4v) is 6.66. The largest absolute Gasteiger partial charge is 0.354 e. The van der Waals surface area contributed by atoms with Crippen molar-refractivity contribution in [2.45, 2.75) is 51.1 Å². The summed E-state index contributed by atoms with van der Waals surface area (Å²) < 4.78 is 27.9. The molecule has 0 radical (unpaired) electrons. The third kappa shape index (κ3) is 5.77. The van der Waals surface area contributed by atoms with Crippen LogP contribution in [0.2, 0.25) is 10.0 Å². The molecule has 0 saturated carbocycles. The van der Waals surface area contributed by atoms with Crippen LogP contribution in [0.3, 0.4) is 0 Å². The topological polar surface area (TPSA) is 86.8 Å². The number of benzene rings is 3. The molecule has 2 amide bonds. The Morgan fingerprint density at radius 2 is 1.71 bits per heavy atom. The molecule has 0 aromatic heterocycles. The minimum absolute atomic E-state index is 0.0709. The Bertz CT molecular complexity index is 1470. The number of sulfonamides is 1. The van der Waals surface area contributed by atoms with Gasteiger partial charge in [0.05, 0.1) is 20.6 Å². The van der Waals surface area contributed by atoms with E-state index in [-0.39, 0.29) is 42.1 Å². The second-order valence-electron chi connectivity index (χ2n) is 9.90. The van der Waals surface area contributed by atoms with Crippen molar-refractivity contribution in [3.63, 3.8) is 0 Å². The molecular formula is C28H31Cl2N3O4S. The van der Waals surface area contributed by atoms with Crippen molar-refractivity contribution in [2.24, 2.45) is 5.92 Å². The van der Waals surface area contributed by atoms with Crippen LogP contribution in [-0.2, 0) is 26.2 Å². The summed E-state index contributed by atoms with van der Waals surface area (Å²) in [7, 11) is -3.70. The summed E-state index contributed by atoms with van der Waals surface area (Å²) in [6.45, 7) is 6.49. The Hall–Kier alpha value is -2.81. The van der Waals surface area contributed by atoms with Crippen LogP contribution in [0.25, 0.3) is 10.8 Å². The molecule has 1 aliphatic heterocycles. The summed E-state index contributed by atoms with van der Waals surface area (Å²) in [5.41, 5.74) is 1.36. The Morgan fingerprint density at radius 3 is 2.39 bits per heavy atom. The van der Waals surface area contributed by atoms with Crippen molar-refractivity contribution in [1.82, 2.24) is 10.2 Å². The molecule has 0 bridgehead atoms. The first-order chi connectivity index (χ1) is 18.0. The highest BCUT2D eigenvalue weighted by Crippen LogP contribution is 2.42. The van der Waals surface area contributed by atoms with E-state index >= 15 is 0 Å². The maximum Gasteiger partial charge on any atom is 0.265 e. The van der Waals surface area contributed by atoms with E-state index < -0.39 is 16.1 Å². The van der Waals surface area contributed by atoms with Gasteiger partial charge in [-0.05, 0) is 54.5 Å². The summed E-state index contributed by atoms with van der Waals surface area (Å²) >= 11 is 12.2. The monoisotopic (exact) mass is 575 g/mol. The number of rotatable bonds is 10. The van der Waals surface area contributed by atoms with E-state index in [2.05, 4.69) is 5.32 Å². The number of nitrogens with one attached hydrogen (secondary N) is 1. The van der Waals surface area contributed by atoms with Gasteiger partial charge in [0.1, 0.15) is 6.04 Å². The molecule has 7 nitrogen and oxygen atoms in total. The van der Waals surface area contributed by atoms with E-state index in [1.807, 2.05) is 32.0 Å². The Balaban J connectivity index is 1.50. The van der Waals surface area contributed by atoms with Crippen molar-refractivity contribution in [1.29, 1.82) is 0 Å². The quantitative estimate of drug-likeness (QED) is 0.339. The Morgan fingerprint density at radius 1 is 1.00 bits per heavy atom. The van der Waals surface area contributed by atoms with Crippen LogP contribution in [0.1, 0.15) is 39.2 Å². The highest BCUT2D eigenvalue weighted by Gasteiger charge is 2.35. The summed E-state index contributed by atoms with van der Waals surface area (Å²) in [6, 6.07) is 15.1. The number of hydrogen-bond acceptors (Lipinski definition) is 4. The lowest BCUT2D eigenvalue weighted by molar-refractivity contribution is -0.140. The van der Waals surface area contributed by atoms with Gasteiger partial charge >= 0.3 is 0 Å². The van der Waals surface area contributed by atoms with Crippen molar-refractivity contribution in [3.05, 3.63) is 70.2 Å². The van der Waals surface area contributed by atoms with Gasteiger partial charge in [0.15, 0.2) is 0 Å². The zero-order valence-corrected chi connectivity index (χ0v) is 23.9. The molecule has 1 heterocycles. The van der Waals surface area contributed by atoms with Crippen LogP contribution in [-0.4, -0.2) is 44.3 Å². The summed E-state index contributed by atoms with van der Waals surface area (Å²) in [4.78, 5) is 28.1. The number of amides is 2. The maximum absolute atomic E-state index is 13.4. The van der Waals surface area contributed by atoms with Gasteiger partial charge in [0.2, 0.25) is 11.8 Å². The first-order valence-corrected chi connectivity index (χ1v) is 14.8. The molecule has 0 aliphatic carbocycles. The molecule has 0 saturated heterocycles. The average molecular weight is 577 g/mol. The van der Waals surface area contributed by atoms with Crippen LogP contribution < -0.4 is 9.62 Å². The Kier molecular flexibility index (Phi) is 8.55. The molecule has 4 rings (SSSR count). The van der Waals surface area contributed by atoms with E-state index in [0.29, 0.717) is 34.1 Å². The molecule has 0 fully saturated rings. The molecule has 0 unspecified atom stereocenters. The number of anilines is 1. The van der Waals surface area contributed by atoms with Crippen LogP contribution in [0.4, 0.5) is 5.69 Å². The lowest BCUT2D eigenvalue weighted by Crippen LogP contribution is -2.48. The lowest BCUT2D eigenvalue weighted by atomic mass is 10.1. The first-order valence-electron chi connectivity index (χ1n) is 12.6. The minimum atomic E-state index is -3.70. The third-order valence-corrected chi connectivity index (χ3v) is 9.22. The number of hydrogen-bond donors (Lipinski definition) is 1. The molecular weight excluding hydrogens is 545 g/mol. The van der Waals surface area contributed by atoms with Crippen molar-refractivity contribution in [3.8, 4) is 0 Å². The highest BCUT2D eigenvalue weighted by atomic mass is 35.5. The average Bonchev–Trinajstić information content (AvgIpc) is 3.10. The van der Waals surface area contributed by atoms with Gasteiger partial charge in [-0.2, -0.15) is 0 Å². The van der Waals surface area contributed by atoms with E-state index in [9.17, 15) is 18.0 Å². The molecule has 202 valence electrons. The SMILES string of the molecule is CC(C)CNC(=O)[C@@H](C)N(Cc1ccc(Cl)c(Cl)c1)C(=O)CCCN1c2cccc3cccc(c23)S1(=O)=O. The molecule has 3 aromatic rings. The fourth-order valence-electron chi connectivity index (χ4n) is 4.59. The van der Waals surface area contributed by atoms with Gasteiger partial charge in [-0.15, -0.1) is 0 Å². The summed E-state index contributed by atoms with van der Waals surface area (Å²) in [6.07, 6.45) is 0.363. The molecule has 0 spiro atoms. The maximum atomic E-state index is 13.4. The first kappa shape index (κ1) is 28.2. The summed E-state index contributed by atoms with van der Waals surface area (Å²) in [5.74, 6) is -0.242. The van der Waals surface area contributed by atoms with Gasteiger partial charge in [-0.1, -0.05) is 67.4 Å². The summed E-state index contributed by atoms with van der Waals surface area (Å²) in [5, 5.41) is 5.22. The normalized spacial score (nSPS) is 14.6.